The van der Waals surface area contributed by atoms with E-state index in [2.05, 4.69) is 19.2 Å². The molecule has 1 aromatic rings. The Morgan fingerprint density at radius 1 is 1.33 bits per heavy atom. The second kappa shape index (κ2) is 7.24. The Morgan fingerprint density at radius 3 is 2.38 bits per heavy atom. The summed E-state index contributed by atoms with van der Waals surface area (Å²) in [5.41, 5.74) is 0.112. The molecule has 1 amide bonds. The summed E-state index contributed by atoms with van der Waals surface area (Å²) in [7, 11) is -3.87. The molecule has 1 unspecified atom stereocenters. The highest BCUT2D eigenvalue weighted by molar-refractivity contribution is 7.89. The lowest BCUT2D eigenvalue weighted by molar-refractivity contribution is 0.0925. The van der Waals surface area contributed by atoms with Crippen molar-refractivity contribution in [3.8, 4) is 0 Å². The van der Waals surface area contributed by atoms with Gasteiger partial charge in [-0.3, -0.25) is 4.79 Å². The molecule has 0 saturated heterocycles. The SMILES string of the molecule is CCC(CC)C(C)NC(=O)c1cc(S(N)(=O)=O)ccc1Cl. The van der Waals surface area contributed by atoms with Gasteiger partial charge in [-0.1, -0.05) is 38.3 Å². The van der Waals surface area contributed by atoms with Gasteiger partial charge >= 0.3 is 0 Å². The number of amides is 1. The summed E-state index contributed by atoms with van der Waals surface area (Å²) in [6.07, 6.45) is 1.89. The summed E-state index contributed by atoms with van der Waals surface area (Å²) in [5, 5.41) is 8.12. The fourth-order valence-corrected chi connectivity index (χ4v) is 3.00. The zero-order valence-corrected chi connectivity index (χ0v) is 14.0. The molecule has 7 heteroatoms. The molecule has 1 rings (SSSR count). The van der Waals surface area contributed by atoms with Crippen LogP contribution in [0.1, 0.15) is 44.0 Å². The third kappa shape index (κ3) is 4.69. The van der Waals surface area contributed by atoms with Gasteiger partial charge in [-0.25, -0.2) is 13.6 Å². The molecule has 1 atom stereocenters. The van der Waals surface area contributed by atoms with Crippen molar-refractivity contribution < 1.29 is 13.2 Å². The lowest BCUT2D eigenvalue weighted by atomic mass is 9.95. The highest BCUT2D eigenvalue weighted by Crippen LogP contribution is 2.21. The molecule has 5 nitrogen and oxygen atoms in total. The molecule has 3 N–H and O–H groups in total. The highest BCUT2D eigenvalue weighted by atomic mass is 35.5. The molecule has 1 aromatic carbocycles. The Balaban J connectivity index is 3.02. The minimum absolute atomic E-state index is 0.0262. The van der Waals surface area contributed by atoms with E-state index in [0.29, 0.717) is 5.92 Å². The van der Waals surface area contributed by atoms with Crippen LogP contribution in [0.2, 0.25) is 5.02 Å². The van der Waals surface area contributed by atoms with E-state index in [1.165, 1.54) is 18.2 Å². The second-order valence-electron chi connectivity index (χ2n) is 5.03. The third-order valence-corrected chi connectivity index (χ3v) is 4.87. The van der Waals surface area contributed by atoms with Gasteiger partial charge in [0.1, 0.15) is 0 Å². The van der Waals surface area contributed by atoms with E-state index in [1.807, 2.05) is 6.92 Å². The Morgan fingerprint density at radius 2 is 1.90 bits per heavy atom. The fraction of sp³-hybridized carbons (Fsp3) is 0.500. The average molecular weight is 333 g/mol. The van der Waals surface area contributed by atoms with Crippen LogP contribution in [-0.4, -0.2) is 20.4 Å². The normalized spacial score (nSPS) is 13.2. The fourth-order valence-electron chi connectivity index (χ4n) is 2.25. The average Bonchev–Trinajstić information content (AvgIpc) is 2.39. The number of carbonyl (C=O) groups is 1. The molecular formula is C14H21ClN2O3S. The molecule has 0 spiro atoms. The molecule has 118 valence electrons. The van der Waals surface area contributed by atoms with Gasteiger partial charge in [0.25, 0.3) is 5.91 Å². The number of nitrogens with one attached hydrogen (secondary N) is 1. The second-order valence-corrected chi connectivity index (χ2v) is 6.99. The minimum atomic E-state index is -3.87. The number of primary sulfonamides is 1. The Bertz CT molecular complexity index is 613. The summed E-state index contributed by atoms with van der Waals surface area (Å²) in [6, 6.07) is 3.81. The molecule has 0 heterocycles. The smallest absolute Gasteiger partial charge is 0.253 e. The lowest BCUT2D eigenvalue weighted by Crippen LogP contribution is -2.38. The maximum Gasteiger partial charge on any atom is 0.253 e. The first-order valence-electron chi connectivity index (χ1n) is 6.83. The molecule has 0 radical (unpaired) electrons. The molecule has 0 aliphatic carbocycles. The van der Waals surface area contributed by atoms with E-state index >= 15 is 0 Å². The van der Waals surface area contributed by atoms with Crippen molar-refractivity contribution in [2.24, 2.45) is 11.1 Å². The topological polar surface area (TPSA) is 89.3 Å². The van der Waals surface area contributed by atoms with Gasteiger partial charge in [-0.15, -0.1) is 0 Å². The first-order chi connectivity index (χ1) is 9.70. The van der Waals surface area contributed by atoms with Crippen LogP contribution in [0.3, 0.4) is 0 Å². The number of sulfonamides is 1. The van der Waals surface area contributed by atoms with Crippen LogP contribution in [-0.2, 0) is 10.0 Å². The zero-order valence-electron chi connectivity index (χ0n) is 12.4. The van der Waals surface area contributed by atoms with Crippen molar-refractivity contribution in [1.82, 2.24) is 5.32 Å². The summed E-state index contributed by atoms with van der Waals surface area (Å²) in [4.78, 5) is 12.1. The van der Waals surface area contributed by atoms with E-state index in [4.69, 9.17) is 16.7 Å². The van der Waals surface area contributed by atoms with Crippen molar-refractivity contribution >= 4 is 27.5 Å². The molecule has 0 saturated carbocycles. The number of hydrogen-bond donors (Lipinski definition) is 2. The zero-order chi connectivity index (χ0) is 16.2. The van der Waals surface area contributed by atoms with Gasteiger partial charge in [0, 0.05) is 6.04 Å². The van der Waals surface area contributed by atoms with Crippen LogP contribution in [0.15, 0.2) is 23.1 Å². The number of rotatable bonds is 6. The van der Waals surface area contributed by atoms with Crippen LogP contribution in [0.4, 0.5) is 0 Å². The van der Waals surface area contributed by atoms with Crippen LogP contribution in [0.5, 0.6) is 0 Å². The first-order valence-corrected chi connectivity index (χ1v) is 8.76. The predicted octanol–water partition coefficient (Wildman–Crippen LogP) is 2.54. The number of halogens is 1. The molecular weight excluding hydrogens is 312 g/mol. The molecule has 0 fully saturated rings. The molecule has 0 aromatic heterocycles. The van der Waals surface area contributed by atoms with Crippen molar-refractivity contribution in [2.75, 3.05) is 0 Å². The predicted molar refractivity (Wildman–Crippen MR) is 83.8 cm³/mol. The van der Waals surface area contributed by atoms with E-state index in [-0.39, 0.29) is 21.5 Å². The van der Waals surface area contributed by atoms with Crippen LogP contribution >= 0.6 is 11.6 Å². The monoisotopic (exact) mass is 332 g/mol. The quantitative estimate of drug-likeness (QED) is 0.838. The van der Waals surface area contributed by atoms with Gasteiger partial charge < -0.3 is 5.32 Å². The van der Waals surface area contributed by atoms with Crippen LogP contribution in [0, 0.1) is 5.92 Å². The van der Waals surface area contributed by atoms with E-state index in [1.54, 1.807) is 0 Å². The maximum atomic E-state index is 12.3. The molecule has 0 bridgehead atoms. The summed E-state index contributed by atoms with van der Waals surface area (Å²) < 4.78 is 22.7. The molecule has 21 heavy (non-hydrogen) atoms. The van der Waals surface area contributed by atoms with Gasteiger partial charge in [0.15, 0.2) is 0 Å². The minimum Gasteiger partial charge on any atom is -0.349 e. The Kier molecular flexibility index (Phi) is 6.19. The van der Waals surface area contributed by atoms with Crippen molar-refractivity contribution in [2.45, 2.75) is 44.6 Å². The van der Waals surface area contributed by atoms with Gasteiger partial charge in [0.2, 0.25) is 10.0 Å². The van der Waals surface area contributed by atoms with Crippen LogP contribution < -0.4 is 10.5 Å². The first kappa shape index (κ1) is 17.9. The highest BCUT2D eigenvalue weighted by Gasteiger charge is 2.20. The summed E-state index contributed by atoms with van der Waals surface area (Å²) in [6.45, 7) is 6.05. The Hall–Kier alpha value is -1.11. The van der Waals surface area contributed by atoms with E-state index < -0.39 is 15.9 Å². The molecule has 0 aliphatic rings. The third-order valence-electron chi connectivity index (χ3n) is 3.63. The van der Waals surface area contributed by atoms with Crippen molar-refractivity contribution in [3.63, 3.8) is 0 Å². The standard InChI is InChI=1S/C14H21ClN2O3S/c1-4-10(5-2)9(3)17-14(18)12-8-11(21(16,19)20)6-7-13(12)15/h6-10H,4-5H2,1-3H3,(H,17,18)(H2,16,19,20). The number of carbonyl (C=O) groups excluding carboxylic acids is 1. The Labute approximate surface area is 130 Å². The van der Waals surface area contributed by atoms with Gasteiger partial charge in [-0.05, 0) is 31.0 Å². The number of nitrogens with two attached hydrogens (primary N) is 1. The van der Waals surface area contributed by atoms with E-state index in [0.717, 1.165) is 12.8 Å². The molecule has 0 aliphatic heterocycles. The number of benzene rings is 1. The largest absolute Gasteiger partial charge is 0.349 e. The number of hydrogen-bond acceptors (Lipinski definition) is 3. The lowest BCUT2D eigenvalue weighted by Gasteiger charge is -2.22. The van der Waals surface area contributed by atoms with Gasteiger partial charge in [-0.2, -0.15) is 0 Å². The van der Waals surface area contributed by atoms with Crippen molar-refractivity contribution in [1.29, 1.82) is 0 Å². The summed E-state index contributed by atoms with van der Waals surface area (Å²) in [5.74, 6) is -0.0425. The van der Waals surface area contributed by atoms with E-state index in [9.17, 15) is 13.2 Å². The maximum absolute atomic E-state index is 12.3. The summed E-state index contributed by atoms with van der Waals surface area (Å²) >= 11 is 5.98. The van der Waals surface area contributed by atoms with Crippen molar-refractivity contribution in [3.05, 3.63) is 28.8 Å². The van der Waals surface area contributed by atoms with Crippen LogP contribution in [0.25, 0.3) is 0 Å². The van der Waals surface area contributed by atoms with Gasteiger partial charge in [0.05, 0.1) is 15.5 Å².